The zero-order valence-corrected chi connectivity index (χ0v) is 9.76. The van der Waals surface area contributed by atoms with Crippen molar-refractivity contribution < 1.29 is 13.5 Å². The minimum Gasteiger partial charge on any atom is -0.493 e. The molecule has 0 aliphatic rings. The van der Waals surface area contributed by atoms with Crippen molar-refractivity contribution in [3.63, 3.8) is 0 Å². The molecule has 0 aliphatic heterocycles. The molecule has 1 aromatic carbocycles. The van der Waals surface area contributed by atoms with Gasteiger partial charge in [0.25, 0.3) is 0 Å². The van der Waals surface area contributed by atoms with Gasteiger partial charge in [-0.15, -0.1) is 0 Å². The molecule has 3 nitrogen and oxygen atoms in total. The Kier molecular flexibility index (Phi) is 4.41. The summed E-state index contributed by atoms with van der Waals surface area (Å²) >= 11 is 0. The lowest BCUT2D eigenvalue weighted by Gasteiger charge is -2.20. The summed E-state index contributed by atoms with van der Waals surface area (Å²) in [5, 5.41) is 11.7. The zero-order chi connectivity index (χ0) is 12.9. The SMILES string of the molecule is CNC(C)(C#N)CCOc1cc(F)cc(F)c1. The number of ether oxygens (including phenoxy) is 1. The number of hydrogen-bond acceptors (Lipinski definition) is 3. The largest absolute Gasteiger partial charge is 0.493 e. The number of nitrogens with one attached hydrogen (secondary N) is 1. The second-order valence-corrected chi connectivity index (χ2v) is 3.90. The van der Waals surface area contributed by atoms with E-state index in [0.717, 1.165) is 18.2 Å². The van der Waals surface area contributed by atoms with Crippen molar-refractivity contribution >= 4 is 0 Å². The van der Waals surface area contributed by atoms with Gasteiger partial charge in [0.05, 0.1) is 12.7 Å². The molecule has 1 unspecified atom stereocenters. The molecule has 0 fully saturated rings. The minimum atomic E-state index is -0.703. The molecule has 0 saturated heterocycles. The van der Waals surface area contributed by atoms with Crippen LogP contribution in [0, 0.1) is 23.0 Å². The van der Waals surface area contributed by atoms with Gasteiger partial charge < -0.3 is 10.1 Å². The zero-order valence-electron chi connectivity index (χ0n) is 9.76. The van der Waals surface area contributed by atoms with Crippen LogP contribution >= 0.6 is 0 Å². The number of nitrogens with zero attached hydrogens (tertiary/aromatic N) is 1. The molecule has 5 heteroatoms. The van der Waals surface area contributed by atoms with Crippen molar-refractivity contribution in [2.75, 3.05) is 13.7 Å². The molecule has 0 heterocycles. The summed E-state index contributed by atoms with van der Waals surface area (Å²) in [6.07, 6.45) is 0.415. The molecule has 0 radical (unpaired) electrons. The van der Waals surface area contributed by atoms with Gasteiger partial charge >= 0.3 is 0 Å². The first-order valence-electron chi connectivity index (χ1n) is 5.18. The Morgan fingerprint density at radius 2 is 1.94 bits per heavy atom. The fraction of sp³-hybridized carbons (Fsp3) is 0.417. The van der Waals surface area contributed by atoms with Gasteiger partial charge in [0.2, 0.25) is 0 Å². The van der Waals surface area contributed by atoms with Crippen LogP contribution in [0.3, 0.4) is 0 Å². The molecule has 0 aromatic heterocycles. The predicted molar refractivity (Wildman–Crippen MR) is 59.5 cm³/mol. The van der Waals surface area contributed by atoms with Crippen LogP contribution in [0.1, 0.15) is 13.3 Å². The quantitative estimate of drug-likeness (QED) is 0.858. The van der Waals surface area contributed by atoms with Crippen LogP contribution in [0.15, 0.2) is 18.2 Å². The van der Waals surface area contributed by atoms with Crippen molar-refractivity contribution in [1.82, 2.24) is 5.32 Å². The smallest absolute Gasteiger partial charge is 0.129 e. The molecular formula is C12H14F2N2O. The first-order valence-corrected chi connectivity index (χ1v) is 5.18. The van der Waals surface area contributed by atoms with E-state index in [4.69, 9.17) is 10.00 Å². The van der Waals surface area contributed by atoms with Crippen LogP contribution < -0.4 is 10.1 Å². The summed E-state index contributed by atoms with van der Waals surface area (Å²) in [5.74, 6) is -1.24. The van der Waals surface area contributed by atoms with Crippen LogP contribution in [-0.2, 0) is 0 Å². The second kappa shape index (κ2) is 5.60. The summed E-state index contributed by atoms with van der Waals surface area (Å²) in [4.78, 5) is 0. The molecule has 0 bridgehead atoms. The first-order chi connectivity index (χ1) is 7.99. The first kappa shape index (κ1) is 13.4. The Labute approximate surface area is 99.0 Å². The van der Waals surface area contributed by atoms with Gasteiger partial charge in [0.1, 0.15) is 22.9 Å². The van der Waals surface area contributed by atoms with Crippen LogP contribution in [0.25, 0.3) is 0 Å². The molecular weight excluding hydrogens is 226 g/mol. The highest BCUT2D eigenvalue weighted by Gasteiger charge is 2.20. The summed E-state index contributed by atoms with van der Waals surface area (Å²) in [6.45, 7) is 1.93. The highest BCUT2D eigenvalue weighted by atomic mass is 19.1. The Morgan fingerprint density at radius 1 is 1.35 bits per heavy atom. The van der Waals surface area contributed by atoms with Gasteiger partial charge in [-0.05, 0) is 14.0 Å². The average molecular weight is 240 g/mol. The van der Waals surface area contributed by atoms with Crippen molar-refractivity contribution in [3.05, 3.63) is 29.8 Å². The van der Waals surface area contributed by atoms with E-state index in [1.54, 1.807) is 14.0 Å². The van der Waals surface area contributed by atoms with Gasteiger partial charge in [0, 0.05) is 24.6 Å². The van der Waals surface area contributed by atoms with Crippen LogP contribution in [0.5, 0.6) is 5.75 Å². The Morgan fingerprint density at radius 3 is 2.41 bits per heavy atom. The standard InChI is InChI=1S/C12H14F2N2O/c1-12(8-15,16-2)3-4-17-11-6-9(13)5-10(14)7-11/h5-7,16H,3-4H2,1-2H3. The van der Waals surface area contributed by atoms with Crippen molar-refractivity contribution in [3.8, 4) is 11.8 Å². The molecule has 17 heavy (non-hydrogen) atoms. The Hall–Kier alpha value is -1.67. The Bertz CT molecular complexity index is 411. The van der Waals surface area contributed by atoms with Gasteiger partial charge in [-0.2, -0.15) is 5.26 Å². The summed E-state index contributed by atoms with van der Waals surface area (Å²) < 4.78 is 30.9. The number of benzene rings is 1. The average Bonchev–Trinajstić information content (AvgIpc) is 2.27. The maximum absolute atomic E-state index is 12.8. The van der Waals surface area contributed by atoms with Crippen LogP contribution in [-0.4, -0.2) is 19.2 Å². The molecule has 1 N–H and O–H groups in total. The normalized spacial score (nSPS) is 13.8. The third-order valence-electron chi connectivity index (χ3n) is 2.51. The van der Waals surface area contributed by atoms with E-state index in [2.05, 4.69) is 11.4 Å². The van der Waals surface area contributed by atoms with Gasteiger partial charge in [0.15, 0.2) is 0 Å². The number of halogens is 2. The minimum absolute atomic E-state index is 0.124. The molecule has 1 aromatic rings. The highest BCUT2D eigenvalue weighted by molar-refractivity contribution is 5.23. The second-order valence-electron chi connectivity index (χ2n) is 3.90. The number of rotatable bonds is 5. The highest BCUT2D eigenvalue weighted by Crippen LogP contribution is 2.16. The van der Waals surface area contributed by atoms with Crippen molar-refractivity contribution in [1.29, 1.82) is 5.26 Å². The molecule has 0 amide bonds. The van der Waals surface area contributed by atoms with E-state index in [9.17, 15) is 8.78 Å². The van der Waals surface area contributed by atoms with E-state index < -0.39 is 17.2 Å². The molecule has 1 atom stereocenters. The fourth-order valence-electron chi connectivity index (χ4n) is 1.22. The maximum atomic E-state index is 12.8. The predicted octanol–water partition coefficient (Wildman–Crippen LogP) is 2.24. The van der Waals surface area contributed by atoms with E-state index in [1.165, 1.54) is 0 Å². The summed E-state index contributed by atoms with van der Waals surface area (Å²) in [5.41, 5.74) is -0.703. The topological polar surface area (TPSA) is 45.0 Å². The van der Waals surface area contributed by atoms with E-state index in [1.807, 2.05) is 0 Å². The van der Waals surface area contributed by atoms with Crippen LogP contribution in [0.4, 0.5) is 8.78 Å². The monoisotopic (exact) mass is 240 g/mol. The lowest BCUT2D eigenvalue weighted by atomic mass is 10.0. The molecule has 0 spiro atoms. The molecule has 0 saturated carbocycles. The van der Waals surface area contributed by atoms with Gasteiger partial charge in [-0.3, -0.25) is 0 Å². The third-order valence-corrected chi connectivity index (χ3v) is 2.51. The lowest BCUT2D eigenvalue weighted by Crippen LogP contribution is -2.39. The Balaban J connectivity index is 2.54. The molecule has 0 aliphatic carbocycles. The van der Waals surface area contributed by atoms with Crippen LogP contribution in [0.2, 0.25) is 0 Å². The number of nitriles is 1. The summed E-state index contributed by atoms with van der Waals surface area (Å²) in [6, 6.07) is 5.08. The lowest BCUT2D eigenvalue weighted by molar-refractivity contribution is 0.271. The van der Waals surface area contributed by atoms with E-state index >= 15 is 0 Å². The van der Waals surface area contributed by atoms with Crippen molar-refractivity contribution in [2.24, 2.45) is 0 Å². The van der Waals surface area contributed by atoms with Crippen molar-refractivity contribution in [2.45, 2.75) is 18.9 Å². The fourth-order valence-corrected chi connectivity index (χ4v) is 1.22. The molecule has 1 rings (SSSR count). The number of hydrogen-bond donors (Lipinski definition) is 1. The van der Waals surface area contributed by atoms with E-state index in [0.29, 0.717) is 6.42 Å². The summed E-state index contributed by atoms with van der Waals surface area (Å²) in [7, 11) is 1.67. The maximum Gasteiger partial charge on any atom is 0.129 e. The molecule has 92 valence electrons. The van der Waals surface area contributed by atoms with Gasteiger partial charge in [-0.25, -0.2) is 8.78 Å². The van der Waals surface area contributed by atoms with Gasteiger partial charge in [-0.1, -0.05) is 0 Å². The third kappa shape index (κ3) is 4.00. The van der Waals surface area contributed by atoms with E-state index in [-0.39, 0.29) is 12.4 Å².